The molecule has 0 saturated carbocycles. The molecule has 6 heteroatoms. The minimum atomic E-state index is -0.136. The van der Waals surface area contributed by atoms with Crippen molar-refractivity contribution in [1.29, 1.82) is 0 Å². The summed E-state index contributed by atoms with van der Waals surface area (Å²) < 4.78 is 16.2. The maximum Gasteiger partial charge on any atom is 0.190 e. The lowest BCUT2D eigenvalue weighted by Gasteiger charge is -2.30. The van der Waals surface area contributed by atoms with Gasteiger partial charge in [-0.25, -0.2) is 0 Å². The largest absolute Gasteiger partial charge is 0.504 e. The van der Waals surface area contributed by atoms with E-state index in [0.29, 0.717) is 5.75 Å². The van der Waals surface area contributed by atoms with Crippen LogP contribution in [0.1, 0.15) is 28.9 Å². The number of para-hydroxylation sites is 2. The van der Waals surface area contributed by atoms with Crippen molar-refractivity contribution in [2.75, 3.05) is 21.3 Å². The van der Waals surface area contributed by atoms with Crippen molar-refractivity contribution in [2.45, 2.75) is 12.2 Å². The van der Waals surface area contributed by atoms with E-state index in [0.717, 1.165) is 33.9 Å². The fraction of sp³-hybridized carbons (Fsp3) is 0.200. The Bertz CT molecular complexity index is 1080. The average molecular weight is 420 g/mol. The van der Waals surface area contributed by atoms with Gasteiger partial charge in [0.1, 0.15) is 17.5 Å². The first-order valence-electron chi connectivity index (χ1n) is 10.1. The van der Waals surface area contributed by atoms with Crippen LogP contribution in [0, 0.1) is 0 Å². The Morgan fingerprint density at radius 2 is 1.45 bits per heavy atom. The molecule has 0 aliphatic carbocycles. The molecule has 0 radical (unpaired) electrons. The maximum absolute atomic E-state index is 10.8. The van der Waals surface area contributed by atoms with Crippen molar-refractivity contribution in [3.05, 3.63) is 89.5 Å². The first kappa shape index (κ1) is 20.6. The van der Waals surface area contributed by atoms with E-state index in [4.69, 9.17) is 14.2 Å². The van der Waals surface area contributed by atoms with Crippen LogP contribution in [-0.2, 0) is 0 Å². The number of methoxy groups -OCH3 is 3. The first-order chi connectivity index (χ1) is 15.1. The Labute approximate surface area is 182 Å². The second-order valence-corrected chi connectivity index (χ2v) is 7.29. The molecule has 0 saturated heterocycles. The van der Waals surface area contributed by atoms with Crippen LogP contribution in [0.3, 0.4) is 0 Å². The van der Waals surface area contributed by atoms with Crippen LogP contribution in [0.5, 0.6) is 23.0 Å². The SMILES string of the molecule is COc1ccc(C2=CC(c3cccc(OC)c3O)[NH2+]C(c3ccccc3OC)N2)cc1. The van der Waals surface area contributed by atoms with Crippen molar-refractivity contribution in [3.63, 3.8) is 0 Å². The number of ether oxygens (including phenoxy) is 3. The van der Waals surface area contributed by atoms with Crippen LogP contribution in [0.15, 0.2) is 72.8 Å². The third kappa shape index (κ3) is 4.15. The maximum atomic E-state index is 10.8. The van der Waals surface area contributed by atoms with E-state index >= 15 is 0 Å². The van der Waals surface area contributed by atoms with E-state index in [1.165, 1.54) is 0 Å². The minimum Gasteiger partial charge on any atom is -0.504 e. The Morgan fingerprint density at radius 1 is 0.774 bits per heavy atom. The Balaban J connectivity index is 1.79. The summed E-state index contributed by atoms with van der Waals surface area (Å²) in [7, 11) is 4.88. The van der Waals surface area contributed by atoms with Crippen LogP contribution in [-0.4, -0.2) is 26.4 Å². The van der Waals surface area contributed by atoms with Gasteiger partial charge in [0.15, 0.2) is 17.7 Å². The van der Waals surface area contributed by atoms with Gasteiger partial charge in [0, 0.05) is 11.8 Å². The highest BCUT2D eigenvalue weighted by molar-refractivity contribution is 5.67. The van der Waals surface area contributed by atoms with Gasteiger partial charge in [-0.2, -0.15) is 0 Å². The standard InChI is InChI=1S/C25H26N2O4/c1-29-17-13-11-16(12-14-17)20-15-21(18-8-6-10-23(31-3)24(18)28)27-25(26-20)19-7-4-5-9-22(19)30-2/h4-15,21,25-28H,1-3H3/p+1. The second-order valence-electron chi connectivity index (χ2n) is 7.29. The molecule has 2 unspecified atom stereocenters. The number of hydrogen-bond acceptors (Lipinski definition) is 5. The van der Waals surface area contributed by atoms with E-state index in [1.54, 1.807) is 27.4 Å². The number of nitrogens with one attached hydrogen (secondary N) is 1. The molecule has 0 amide bonds. The fourth-order valence-electron chi connectivity index (χ4n) is 3.93. The zero-order chi connectivity index (χ0) is 21.8. The van der Waals surface area contributed by atoms with Crippen LogP contribution < -0.4 is 24.8 Å². The monoisotopic (exact) mass is 419 g/mol. The summed E-state index contributed by atoms with van der Waals surface area (Å²) in [6, 6.07) is 21.3. The normalized spacial score (nSPS) is 18.0. The van der Waals surface area contributed by atoms with Gasteiger partial charge in [-0.1, -0.05) is 18.2 Å². The highest BCUT2D eigenvalue weighted by Crippen LogP contribution is 2.36. The second kappa shape index (κ2) is 9.02. The number of benzene rings is 3. The summed E-state index contributed by atoms with van der Waals surface area (Å²) in [5.41, 5.74) is 3.80. The van der Waals surface area contributed by atoms with Crippen LogP contribution in [0.4, 0.5) is 0 Å². The van der Waals surface area contributed by atoms with E-state index in [9.17, 15) is 5.11 Å². The predicted octanol–water partition coefficient (Wildman–Crippen LogP) is 3.37. The van der Waals surface area contributed by atoms with Gasteiger partial charge in [-0.05, 0) is 54.1 Å². The molecule has 0 spiro atoms. The Hall–Kier alpha value is -3.64. The van der Waals surface area contributed by atoms with Gasteiger partial charge in [0.25, 0.3) is 0 Å². The molecule has 0 aromatic heterocycles. The van der Waals surface area contributed by atoms with Crippen molar-refractivity contribution in [2.24, 2.45) is 0 Å². The van der Waals surface area contributed by atoms with Gasteiger partial charge in [0.05, 0.1) is 32.5 Å². The molecule has 31 heavy (non-hydrogen) atoms. The zero-order valence-electron chi connectivity index (χ0n) is 17.8. The molecule has 3 aromatic rings. The van der Waals surface area contributed by atoms with Gasteiger partial charge >= 0.3 is 0 Å². The van der Waals surface area contributed by atoms with Crippen molar-refractivity contribution < 1.29 is 24.6 Å². The number of quaternary nitrogens is 1. The average Bonchev–Trinajstić information content (AvgIpc) is 2.84. The summed E-state index contributed by atoms with van der Waals surface area (Å²) in [5, 5.41) is 16.6. The third-order valence-corrected chi connectivity index (χ3v) is 5.54. The number of rotatable bonds is 6. The lowest BCUT2D eigenvalue weighted by atomic mass is 9.97. The first-order valence-corrected chi connectivity index (χ1v) is 10.1. The van der Waals surface area contributed by atoms with Crippen LogP contribution in [0.2, 0.25) is 0 Å². The van der Waals surface area contributed by atoms with E-state index in [2.05, 4.69) is 16.7 Å². The smallest absolute Gasteiger partial charge is 0.190 e. The molecule has 4 N–H and O–H groups in total. The topological polar surface area (TPSA) is 76.6 Å². The third-order valence-electron chi connectivity index (χ3n) is 5.54. The van der Waals surface area contributed by atoms with Gasteiger partial charge < -0.3 is 30.0 Å². The van der Waals surface area contributed by atoms with Gasteiger partial charge in [-0.3, -0.25) is 0 Å². The Kier molecular flexibility index (Phi) is 6.00. The number of phenols is 1. The summed E-state index contributed by atoms with van der Waals surface area (Å²) >= 11 is 0. The zero-order valence-corrected chi connectivity index (χ0v) is 17.8. The Morgan fingerprint density at radius 3 is 2.16 bits per heavy atom. The van der Waals surface area contributed by atoms with Crippen LogP contribution in [0.25, 0.3) is 5.70 Å². The number of aromatic hydroxyl groups is 1. The molecular formula is C25H27N2O4+. The summed E-state index contributed by atoms with van der Waals surface area (Å²) in [6.07, 6.45) is 2.00. The van der Waals surface area contributed by atoms with Gasteiger partial charge in [-0.15, -0.1) is 0 Å². The molecule has 3 aromatic carbocycles. The quantitative estimate of drug-likeness (QED) is 0.571. The highest BCUT2D eigenvalue weighted by atomic mass is 16.5. The molecular weight excluding hydrogens is 392 g/mol. The van der Waals surface area contributed by atoms with E-state index in [-0.39, 0.29) is 18.0 Å². The summed E-state index contributed by atoms with van der Waals surface area (Å²) in [4.78, 5) is 0. The van der Waals surface area contributed by atoms with Gasteiger partial charge in [0.2, 0.25) is 0 Å². The molecule has 6 nitrogen and oxygen atoms in total. The number of phenolic OH excluding ortho intramolecular Hbond substituents is 1. The highest BCUT2D eigenvalue weighted by Gasteiger charge is 2.31. The van der Waals surface area contributed by atoms with Crippen molar-refractivity contribution in [3.8, 4) is 23.0 Å². The summed E-state index contributed by atoms with van der Waals surface area (Å²) in [5.74, 6) is 2.21. The van der Waals surface area contributed by atoms with E-state index in [1.807, 2.05) is 60.7 Å². The van der Waals surface area contributed by atoms with Crippen molar-refractivity contribution in [1.82, 2.24) is 5.32 Å². The van der Waals surface area contributed by atoms with Crippen LogP contribution >= 0.6 is 0 Å². The lowest BCUT2D eigenvalue weighted by molar-refractivity contribution is -0.731. The molecule has 160 valence electrons. The molecule has 2 atom stereocenters. The molecule has 4 rings (SSSR count). The molecule has 1 heterocycles. The molecule has 0 fully saturated rings. The number of hydrogen-bond donors (Lipinski definition) is 3. The van der Waals surface area contributed by atoms with E-state index < -0.39 is 0 Å². The summed E-state index contributed by atoms with van der Waals surface area (Å²) in [6.45, 7) is 0. The van der Waals surface area contributed by atoms with Crippen molar-refractivity contribution >= 4 is 5.70 Å². The fourth-order valence-corrected chi connectivity index (χ4v) is 3.93. The minimum absolute atomic E-state index is 0.117. The number of nitrogens with two attached hydrogens (primary N) is 1. The predicted molar refractivity (Wildman–Crippen MR) is 119 cm³/mol. The molecule has 1 aliphatic rings. The molecule has 0 bridgehead atoms. The molecule has 1 aliphatic heterocycles. The lowest BCUT2D eigenvalue weighted by Crippen LogP contribution is -2.89.